The third-order valence-corrected chi connectivity index (χ3v) is 3.77. The normalized spacial score (nSPS) is 11.6. The van der Waals surface area contributed by atoms with Crippen LogP contribution in [0.2, 0.25) is 0 Å². The molecule has 0 aromatic heterocycles. The Labute approximate surface area is 151 Å². The van der Waals surface area contributed by atoms with Crippen molar-refractivity contribution >= 4 is 30.1 Å². The number of thioether (sulfide) groups is 1. The van der Waals surface area contributed by atoms with E-state index in [1.165, 1.54) is 13.2 Å². The fourth-order valence-corrected chi connectivity index (χ4v) is 2.39. The van der Waals surface area contributed by atoms with E-state index in [1.54, 1.807) is 23.9 Å². The van der Waals surface area contributed by atoms with Gasteiger partial charge in [0.15, 0.2) is 11.5 Å². The second-order valence-corrected chi connectivity index (χ2v) is 5.78. The number of hydrogen-bond donors (Lipinski definition) is 2. The Morgan fingerprint density at radius 2 is 2.08 bits per heavy atom. The number of nitrogens with two attached hydrogens (primary N) is 1. The number of carbonyl (C=O) groups excluding carboxylic acids is 1. The van der Waals surface area contributed by atoms with Crippen LogP contribution in [0.4, 0.5) is 8.78 Å². The number of carbonyl (C=O) groups is 1. The van der Waals surface area contributed by atoms with Crippen molar-refractivity contribution in [2.75, 3.05) is 25.7 Å². The molecule has 3 N–H and O–H groups in total. The number of hydrogen-bond acceptors (Lipinski definition) is 5. The summed E-state index contributed by atoms with van der Waals surface area (Å²) in [6.45, 7) is -2.56. The molecule has 24 heavy (non-hydrogen) atoms. The smallest absolute Gasteiger partial charge is 0.387 e. The summed E-state index contributed by atoms with van der Waals surface area (Å²) in [6, 6.07) is 4.23. The molecule has 138 valence electrons. The van der Waals surface area contributed by atoms with E-state index in [1.807, 2.05) is 6.26 Å². The summed E-state index contributed by atoms with van der Waals surface area (Å²) >= 11 is 1.63. The Bertz CT molecular complexity index is 510. The van der Waals surface area contributed by atoms with E-state index in [0.717, 1.165) is 11.3 Å². The van der Waals surface area contributed by atoms with Crippen LogP contribution in [0.1, 0.15) is 12.0 Å². The van der Waals surface area contributed by atoms with Gasteiger partial charge in [-0.3, -0.25) is 4.79 Å². The van der Waals surface area contributed by atoms with Crippen LogP contribution >= 0.6 is 24.2 Å². The van der Waals surface area contributed by atoms with Gasteiger partial charge in [-0.15, -0.1) is 12.4 Å². The first-order valence-electron chi connectivity index (χ1n) is 7.12. The lowest BCUT2D eigenvalue weighted by molar-refractivity contribution is -0.122. The van der Waals surface area contributed by atoms with Crippen molar-refractivity contribution in [2.45, 2.75) is 25.5 Å². The highest BCUT2D eigenvalue weighted by Gasteiger charge is 2.13. The minimum atomic E-state index is -2.92. The third kappa shape index (κ3) is 8.03. The lowest BCUT2D eigenvalue weighted by Crippen LogP contribution is -2.41. The molecule has 0 aliphatic carbocycles. The highest BCUT2D eigenvalue weighted by Crippen LogP contribution is 2.29. The highest BCUT2D eigenvalue weighted by atomic mass is 35.5. The summed E-state index contributed by atoms with van der Waals surface area (Å²) in [6.07, 6.45) is 3.04. The zero-order valence-electron chi connectivity index (χ0n) is 13.6. The minimum absolute atomic E-state index is 0. The van der Waals surface area contributed by atoms with Crippen molar-refractivity contribution in [3.8, 4) is 11.5 Å². The Kier molecular flexibility index (Phi) is 11.5. The predicted molar refractivity (Wildman–Crippen MR) is 94.6 cm³/mol. The Hall–Kier alpha value is -1.25. The van der Waals surface area contributed by atoms with E-state index >= 15 is 0 Å². The first-order valence-corrected chi connectivity index (χ1v) is 8.51. The quantitative estimate of drug-likeness (QED) is 0.648. The predicted octanol–water partition coefficient (Wildman–Crippen LogP) is 2.46. The Morgan fingerprint density at radius 1 is 1.38 bits per heavy atom. The van der Waals surface area contributed by atoms with Crippen LogP contribution in [0, 0.1) is 0 Å². The van der Waals surface area contributed by atoms with Gasteiger partial charge in [0.25, 0.3) is 0 Å². The zero-order chi connectivity index (χ0) is 17.2. The van der Waals surface area contributed by atoms with Crippen LogP contribution in [-0.2, 0) is 11.2 Å². The van der Waals surface area contributed by atoms with Crippen LogP contribution in [0.3, 0.4) is 0 Å². The number of halogens is 3. The molecule has 0 radical (unpaired) electrons. The van der Waals surface area contributed by atoms with Gasteiger partial charge in [0.2, 0.25) is 5.91 Å². The molecule has 0 bridgehead atoms. The molecule has 0 heterocycles. The van der Waals surface area contributed by atoms with Crippen LogP contribution < -0.4 is 20.5 Å². The number of rotatable bonds is 10. The van der Waals surface area contributed by atoms with Gasteiger partial charge in [-0.2, -0.15) is 20.5 Å². The van der Waals surface area contributed by atoms with Crippen LogP contribution in [0.25, 0.3) is 0 Å². The van der Waals surface area contributed by atoms with E-state index < -0.39 is 12.7 Å². The second kappa shape index (κ2) is 12.2. The van der Waals surface area contributed by atoms with Crippen LogP contribution in [-0.4, -0.2) is 44.2 Å². The molecular weight excluding hydrogens is 362 g/mol. The molecular formula is C15H23ClF2N2O3S. The van der Waals surface area contributed by atoms with Crippen molar-refractivity contribution in [1.82, 2.24) is 5.32 Å². The van der Waals surface area contributed by atoms with E-state index in [9.17, 15) is 13.6 Å². The van der Waals surface area contributed by atoms with Crippen LogP contribution in [0.5, 0.6) is 11.5 Å². The molecule has 0 saturated heterocycles. The van der Waals surface area contributed by atoms with Gasteiger partial charge in [-0.1, -0.05) is 6.07 Å². The summed E-state index contributed by atoms with van der Waals surface area (Å²) in [4.78, 5) is 11.8. The molecule has 1 aromatic carbocycles. The third-order valence-electron chi connectivity index (χ3n) is 3.13. The SMILES string of the molecule is COc1ccc(CCNC(=O)[C@@H](N)CCSC)cc1OC(F)F.Cl. The number of ether oxygens (including phenoxy) is 2. The average Bonchev–Trinajstić information content (AvgIpc) is 2.52. The molecule has 1 atom stereocenters. The largest absolute Gasteiger partial charge is 0.493 e. The maximum Gasteiger partial charge on any atom is 0.387 e. The number of methoxy groups -OCH3 is 1. The summed E-state index contributed by atoms with van der Waals surface area (Å²) in [5, 5.41) is 2.74. The molecule has 0 saturated carbocycles. The lowest BCUT2D eigenvalue weighted by Gasteiger charge is -2.13. The fraction of sp³-hybridized carbons (Fsp3) is 0.533. The van der Waals surface area contributed by atoms with Crippen molar-refractivity contribution in [2.24, 2.45) is 5.73 Å². The van der Waals surface area contributed by atoms with Crippen LogP contribution in [0.15, 0.2) is 18.2 Å². The number of amides is 1. The zero-order valence-corrected chi connectivity index (χ0v) is 15.2. The van der Waals surface area contributed by atoms with Gasteiger partial charge in [-0.05, 0) is 42.5 Å². The van der Waals surface area contributed by atoms with Crippen molar-refractivity contribution < 1.29 is 23.0 Å². The van der Waals surface area contributed by atoms with E-state index in [-0.39, 0.29) is 29.8 Å². The summed E-state index contributed by atoms with van der Waals surface area (Å²) in [5.41, 5.74) is 6.50. The van der Waals surface area contributed by atoms with Crippen molar-refractivity contribution in [1.29, 1.82) is 0 Å². The summed E-state index contributed by atoms with van der Waals surface area (Å²) < 4.78 is 34.1. The Balaban J connectivity index is 0.00000529. The molecule has 1 amide bonds. The van der Waals surface area contributed by atoms with Gasteiger partial charge < -0.3 is 20.5 Å². The minimum Gasteiger partial charge on any atom is -0.493 e. The molecule has 5 nitrogen and oxygen atoms in total. The standard InChI is InChI=1S/C15H22F2N2O3S.ClH/c1-21-12-4-3-10(9-13(12)22-15(16)17)5-7-19-14(20)11(18)6-8-23-2;/h3-4,9,11,15H,5-8,18H2,1-2H3,(H,19,20);1H/t11-;/m0./s1. The first kappa shape index (κ1) is 22.8. The molecule has 0 aliphatic rings. The second-order valence-electron chi connectivity index (χ2n) is 4.79. The maximum absolute atomic E-state index is 12.4. The summed E-state index contributed by atoms with van der Waals surface area (Å²) in [7, 11) is 1.38. The fourth-order valence-electron chi connectivity index (χ4n) is 1.90. The highest BCUT2D eigenvalue weighted by molar-refractivity contribution is 7.98. The molecule has 9 heteroatoms. The van der Waals surface area contributed by atoms with Gasteiger partial charge in [0, 0.05) is 6.54 Å². The molecule has 0 aliphatic heterocycles. The Morgan fingerprint density at radius 3 is 2.67 bits per heavy atom. The van der Waals surface area contributed by atoms with Crippen molar-refractivity contribution in [3.05, 3.63) is 23.8 Å². The molecule has 0 unspecified atom stereocenters. The van der Waals surface area contributed by atoms with E-state index in [2.05, 4.69) is 10.1 Å². The number of alkyl halides is 2. The molecule has 0 spiro atoms. The van der Waals surface area contributed by atoms with Gasteiger partial charge in [0.05, 0.1) is 13.2 Å². The maximum atomic E-state index is 12.4. The molecule has 0 fully saturated rings. The first-order chi connectivity index (χ1) is 11.0. The average molecular weight is 385 g/mol. The summed E-state index contributed by atoms with van der Waals surface area (Å²) in [5.74, 6) is 0.818. The molecule has 1 aromatic rings. The molecule has 1 rings (SSSR count). The monoisotopic (exact) mass is 384 g/mol. The van der Waals surface area contributed by atoms with Gasteiger partial charge in [0.1, 0.15) is 0 Å². The van der Waals surface area contributed by atoms with E-state index in [0.29, 0.717) is 19.4 Å². The van der Waals surface area contributed by atoms with Gasteiger partial charge >= 0.3 is 6.61 Å². The lowest BCUT2D eigenvalue weighted by atomic mass is 10.1. The topological polar surface area (TPSA) is 73.6 Å². The van der Waals surface area contributed by atoms with Gasteiger partial charge in [-0.25, -0.2) is 0 Å². The van der Waals surface area contributed by atoms with E-state index in [4.69, 9.17) is 10.5 Å². The number of nitrogens with one attached hydrogen (secondary N) is 1. The van der Waals surface area contributed by atoms with Crippen molar-refractivity contribution in [3.63, 3.8) is 0 Å². The number of benzene rings is 1.